The van der Waals surface area contributed by atoms with E-state index < -0.39 is 0 Å². The van der Waals surface area contributed by atoms with E-state index in [1.807, 2.05) is 7.05 Å². The first-order valence-electron chi connectivity index (χ1n) is 12.2. The molecule has 0 aromatic heterocycles. The molecule has 3 aliphatic rings. The van der Waals surface area contributed by atoms with Gasteiger partial charge in [-0.15, -0.1) is 0 Å². The Morgan fingerprint density at radius 2 is 2.00 bits per heavy atom. The van der Waals surface area contributed by atoms with E-state index in [1.165, 1.54) is 30.4 Å². The SMILES string of the molecule is CN=C(NCCCOC1CCCc2ccccc21)N1CCC(OCC2CCCO2)CC1. The lowest BCUT2D eigenvalue weighted by atomic mass is 9.89. The number of rotatable bonds is 8. The minimum Gasteiger partial charge on any atom is -0.376 e. The molecule has 2 aliphatic heterocycles. The van der Waals surface area contributed by atoms with Crippen molar-refractivity contribution < 1.29 is 14.2 Å². The van der Waals surface area contributed by atoms with Crippen molar-refractivity contribution in [1.29, 1.82) is 0 Å². The number of piperidine rings is 1. The Hall–Kier alpha value is -1.63. The third-order valence-electron chi connectivity index (χ3n) is 6.73. The van der Waals surface area contributed by atoms with E-state index in [-0.39, 0.29) is 6.10 Å². The molecule has 2 atom stereocenters. The molecule has 1 aromatic carbocycles. The summed E-state index contributed by atoms with van der Waals surface area (Å²) in [7, 11) is 1.87. The summed E-state index contributed by atoms with van der Waals surface area (Å²) in [5.74, 6) is 1.00. The Bertz CT molecular complexity index is 697. The molecule has 0 saturated carbocycles. The lowest BCUT2D eigenvalue weighted by molar-refractivity contribution is -0.0367. The first kappa shape index (κ1) is 22.6. The van der Waals surface area contributed by atoms with Crippen LogP contribution in [0.5, 0.6) is 0 Å². The molecule has 6 nitrogen and oxygen atoms in total. The number of hydrogen-bond donors (Lipinski definition) is 1. The van der Waals surface area contributed by atoms with Gasteiger partial charge in [-0.1, -0.05) is 24.3 Å². The van der Waals surface area contributed by atoms with Crippen molar-refractivity contribution >= 4 is 5.96 Å². The van der Waals surface area contributed by atoms with E-state index >= 15 is 0 Å². The van der Waals surface area contributed by atoms with E-state index in [2.05, 4.69) is 39.5 Å². The van der Waals surface area contributed by atoms with Crippen LogP contribution in [-0.2, 0) is 20.6 Å². The molecule has 0 amide bonds. The van der Waals surface area contributed by atoms with Crippen molar-refractivity contribution in [3.63, 3.8) is 0 Å². The second kappa shape index (κ2) is 11.8. The molecule has 6 heteroatoms. The van der Waals surface area contributed by atoms with Crippen LogP contribution in [-0.4, -0.2) is 69.6 Å². The zero-order chi connectivity index (χ0) is 21.3. The van der Waals surface area contributed by atoms with Crippen molar-refractivity contribution in [3.05, 3.63) is 35.4 Å². The topological polar surface area (TPSA) is 55.3 Å². The maximum absolute atomic E-state index is 6.23. The molecule has 2 fully saturated rings. The quantitative estimate of drug-likeness (QED) is 0.388. The number of nitrogens with one attached hydrogen (secondary N) is 1. The lowest BCUT2D eigenvalue weighted by Crippen LogP contribution is -2.47. The third kappa shape index (κ3) is 6.43. The van der Waals surface area contributed by atoms with Crippen LogP contribution < -0.4 is 5.32 Å². The van der Waals surface area contributed by atoms with Gasteiger partial charge in [-0.25, -0.2) is 0 Å². The smallest absolute Gasteiger partial charge is 0.193 e. The molecule has 2 saturated heterocycles. The molecule has 31 heavy (non-hydrogen) atoms. The van der Waals surface area contributed by atoms with Crippen molar-refractivity contribution in [1.82, 2.24) is 10.2 Å². The molecule has 0 radical (unpaired) electrons. The maximum atomic E-state index is 6.23. The van der Waals surface area contributed by atoms with Gasteiger partial charge in [0.05, 0.1) is 24.9 Å². The Morgan fingerprint density at radius 3 is 2.81 bits per heavy atom. The Morgan fingerprint density at radius 1 is 1.13 bits per heavy atom. The van der Waals surface area contributed by atoms with Crippen molar-refractivity contribution in [2.75, 3.05) is 46.5 Å². The van der Waals surface area contributed by atoms with Gasteiger partial charge >= 0.3 is 0 Å². The lowest BCUT2D eigenvalue weighted by Gasteiger charge is -2.34. The Kier molecular flexibility index (Phi) is 8.62. The van der Waals surface area contributed by atoms with E-state index in [0.29, 0.717) is 12.2 Å². The summed E-state index contributed by atoms with van der Waals surface area (Å²) < 4.78 is 18.0. The molecule has 172 valence electrons. The molecule has 0 spiro atoms. The van der Waals surface area contributed by atoms with Crippen LogP contribution in [0.4, 0.5) is 0 Å². The zero-order valence-electron chi connectivity index (χ0n) is 19.1. The minimum atomic E-state index is 0.262. The first-order chi connectivity index (χ1) is 15.3. The molecule has 1 N–H and O–H groups in total. The van der Waals surface area contributed by atoms with E-state index in [0.717, 1.165) is 77.5 Å². The summed E-state index contributed by atoms with van der Waals surface area (Å²) in [6.45, 7) is 5.30. The number of benzene rings is 1. The zero-order valence-corrected chi connectivity index (χ0v) is 19.1. The Labute approximate surface area is 187 Å². The molecule has 2 heterocycles. The van der Waals surface area contributed by atoms with Crippen LogP contribution in [0.1, 0.15) is 62.2 Å². The number of fused-ring (bicyclic) bond motifs is 1. The average Bonchev–Trinajstić information content (AvgIpc) is 3.34. The van der Waals surface area contributed by atoms with E-state index in [9.17, 15) is 0 Å². The molecular weight excluding hydrogens is 390 g/mol. The van der Waals surface area contributed by atoms with Crippen molar-refractivity contribution in [2.45, 2.75) is 69.7 Å². The minimum absolute atomic E-state index is 0.262. The highest BCUT2D eigenvalue weighted by molar-refractivity contribution is 5.79. The third-order valence-corrected chi connectivity index (χ3v) is 6.73. The summed E-state index contributed by atoms with van der Waals surface area (Å²) in [6, 6.07) is 8.74. The predicted molar refractivity (Wildman–Crippen MR) is 124 cm³/mol. The van der Waals surface area contributed by atoms with Crippen LogP contribution >= 0.6 is 0 Å². The average molecular weight is 430 g/mol. The van der Waals surface area contributed by atoms with Gasteiger partial charge in [-0.3, -0.25) is 4.99 Å². The summed E-state index contributed by atoms with van der Waals surface area (Å²) in [6.07, 6.45) is 9.88. The van der Waals surface area contributed by atoms with Gasteiger partial charge in [0.2, 0.25) is 0 Å². The molecule has 4 rings (SSSR count). The summed E-state index contributed by atoms with van der Waals surface area (Å²) in [5, 5.41) is 3.52. The van der Waals surface area contributed by atoms with E-state index in [1.54, 1.807) is 0 Å². The molecule has 1 aliphatic carbocycles. The van der Waals surface area contributed by atoms with Crippen LogP contribution in [0.2, 0.25) is 0 Å². The largest absolute Gasteiger partial charge is 0.376 e. The number of hydrogen-bond acceptors (Lipinski definition) is 4. The fourth-order valence-electron chi connectivity index (χ4n) is 4.97. The van der Waals surface area contributed by atoms with Crippen molar-refractivity contribution in [3.8, 4) is 0 Å². The summed E-state index contributed by atoms with van der Waals surface area (Å²) in [4.78, 5) is 6.84. The highest BCUT2D eigenvalue weighted by Gasteiger charge is 2.24. The molecule has 1 aromatic rings. The maximum Gasteiger partial charge on any atom is 0.193 e. The highest BCUT2D eigenvalue weighted by Crippen LogP contribution is 2.32. The van der Waals surface area contributed by atoms with Crippen molar-refractivity contribution in [2.24, 2.45) is 4.99 Å². The second-order valence-electron chi connectivity index (χ2n) is 8.93. The van der Waals surface area contributed by atoms with Gasteiger partial charge in [-0.2, -0.15) is 0 Å². The summed E-state index contributed by atoms with van der Waals surface area (Å²) >= 11 is 0. The Balaban J connectivity index is 1.11. The van der Waals surface area contributed by atoms with Crippen LogP contribution in [0.3, 0.4) is 0 Å². The monoisotopic (exact) mass is 429 g/mol. The number of nitrogens with zero attached hydrogens (tertiary/aromatic N) is 2. The van der Waals surface area contributed by atoms with Gasteiger partial charge in [0.25, 0.3) is 0 Å². The standard InChI is InChI=1S/C25H39N3O3/c1-26-25(28-15-12-21(13-16-28)31-19-22-9-5-17-29-22)27-14-6-18-30-24-11-4-8-20-7-2-3-10-23(20)24/h2-3,7,10,21-22,24H,4-6,8-9,11-19H2,1H3,(H,26,27). The number of aliphatic imine (C=N–C) groups is 1. The van der Waals surface area contributed by atoms with Crippen LogP contribution in [0.15, 0.2) is 29.3 Å². The fourth-order valence-corrected chi connectivity index (χ4v) is 4.97. The van der Waals surface area contributed by atoms with E-state index in [4.69, 9.17) is 14.2 Å². The predicted octanol–water partition coefficient (Wildman–Crippen LogP) is 3.71. The van der Waals surface area contributed by atoms with Gasteiger partial charge in [0.15, 0.2) is 5.96 Å². The molecule has 2 unspecified atom stereocenters. The number of ether oxygens (including phenoxy) is 3. The number of likely N-dealkylation sites (tertiary alicyclic amines) is 1. The fraction of sp³-hybridized carbons (Fsp3) is 0.720. The number of guanidine groups is 1. The second-order valence-corrected chi connectivity index (χ2v) is 8.93. The van der Waals surface area contributed by atoms with Gasteiger partial charge in [-0.05, 0) is 62.5 Å². The normalized spacial score (nSPS) is 24.9. The van der Waals surface area contributed by atoms with Gasteiger partial charge < -0.3 is 24.4 Å². The first-order valence-corrected chi connectivity index (χ1v) is 12.2. The highest BCUT2D eigenvalue weighted by atomic mass is 16.5. The van der Waals surface area contributed by atoms with Gasteiger partial charge in [0, 0.05) is 39.9 Å². The summed E-state index contributed by atoms with van der Waals surface area (Å²) in [5.41, 5.74) is 2.85. The van der Waals surface area contributed by atoms with Crippen LogP contribution in [0, 0.1) is 0 Å². The molecular formula is C25H39N3O3. The molecule has 0 bridgehead atoms. The van der Waals surface area contributed by atoms with Crippen LogP contribution in [0.25, 0.3) is 0 Å². The van der Waals surface area contributed by atoms with Gasteiger partial charge in [0.1, 0.15) is 0 Å². The number of aryl methyl sites for hydroxylation is 1.